The Hall–Kier alpha value is -2.11. The number of hydrogen-bond acceptors (Lipinski definition) is 6. The number of alkyl halides is 2. The Morgan fingerprint density at radius 1 is 1.27 bits per heavy atom. The van der Waals surface area contributed by atoms with Crippen LogP contribution in [0, 0.1) is 0 Å². The molecule has 4 rings (SSSR count). The predicted molar refractivity (Wildman–Crippen MR) is 122 cm³/mol. The van der Waals surface area contributed by atoms with Gasteiger partial charge in [-0.3, -0.25) is 4.34 Å². The van der Waals surface area contributed by atoms with Crippen LogP contribution < -0.4 is 10.1 Å². The first-order valence-electron chi connectivity index (χ1n) is 8.47. The molecule has 0 bridgehead atoms. The van der Waals surface area contributed by atoms with Crippen molar-refractivity contribution < 1.29 is 13.5 Å². The van der Waals surface area contributed by atoms with Crippen LogP contribution in [0.3, 0.4) is 0 Å². The lowest BCUT2D eigenvalue weighted by atomic mass is 10.1. The van der Waals surface area contributed by atoms with Gasteiger partial charge in [-0.05, 0) is 34.2 Å². The van der Waals surface area contributed by atoms with Crippen molar-refractivity contribution in [2.75, 3.05) is 12.4 Å². The standard InChI is InChI=1S/C17H14ClF2IN7OP/c1-27-22-7-11(26-27)8-4-3-5-9(14(8)29-2)23-10-6-12(18)24-16-13(10)25-17(15(19)20)28(16)30-21/h3-7,15,30H,1-2H3,(H,23,24). The van der Waals surface area contributed by atoms with E-state index < -0.39 is 6.43 Å². The number of ether oxygens (including phenoxy) is 1. The van der Waals surface area contributed by atoms with Crippen LogP contribution in [0.15, 0.2) is 30.5 Å². The molecule has 0 aliphatic rings. The van der Waals surface area contributed by atoms with Crippen molar-refractivity contribution in [2.24, 2.45) is 7.05 Å². The Morgan fingerprint density at radius 3 is 2.70 bits per heavy atom. The second kappa shape index (κ2) is 8.56. The molecule has 0 fully saturated rings. The first kappa shape index (κ1) is 21.1. The van der Waals surface area contributed by atoms with Gasteiger partial charge in [-0.2, -0.15) is 15.0 Å². The summed E-state index contributed by atoms with van der Waals surface area (Å²) in [5.41, 5.74) is 2.97. The van der Waals surface area contributed by atoms with Gasteiger partial charge in [0.25, 0.3) is 6.43 Å². The van der Waals surface area contributed by atoms with Gasteiger partial charge in [-0.25, -0.2) is 18.7 Å². The topological polar surface area (TPSA) is 82.7 Å². The van der Waals surface area contributed by atoms with E-state index in [0.29, 0.717) is 28.3 Å². The summed E-state index contributed by atoms with van der Waals surface area (Å²) in [5.74, 6) is 0.166. The zero-order valence-corrected chi connectivity index (χ0v) is 19.5. The van der Waals surface area contributed by atoms with Crippen molar-refractivity contribution >= 4 is 62.6 Å². The summed E-state index contributed by atoms with van der Waals surface area (Å²) in [7, 11) is 3.26. The summed E-state index contributed by atoms with van der Waals surface area (Å²) in [4.78, 5) is 9.78. The number of pyridine rings is 1. The van der Waals surface area contributed by atoms with E-state index in [-0.39, 0.29) is 23.0 Å². The van der Waals surface area contributed by atoms with Crippen molar-refractivity contribution in [1.82, 2.24) is 29.3 Å². The summed E-state index contributed by atoms with van der Waals surface area (Å²) in [6.07, 6.45) is -1.11. The molecule has 30 heavy (non-hydrogen) atoms. The Kier molecular flexibility index (Phi) is 6.03. The Bertz CT molecular complexity index is 1230. The molecule has 13 heteroatoms. The molecule has 3 heterocycles. The minimum absolute atomic E-state index is 0.00725. The van der Waals surface area contributed by atoms with Crippen molar-refractivity contribution in [1.29, 1.82) is 0 Å². The van der Waals surface area contributed by atoms with Gasteiger partial charge < -0.3 is 10.1 Å². The van der Waals surface area contributed by atoms with E-state index in [1.807, 2.05) is 34.2 Å². The van der Waals surface area contributed by atoms with Gasteiger partial charge in [-0.1, -0.05) is 17.7 Å². The minimum Gasteiger partial charge on any atom is -0.494 e. The molecule has 1 N–H and O–H groups in total. The first-order valence-corrected chi connectivity index (χ1v) is 12.9. The number of halogens is 4. The van der Waals surface area contributed by atoms with E-state index in [1.54, 1.807) is 25.4 Å². The molecule has 3 aromatic heterocycles. The number of methoxy groups -OCH3 is 1. The van der Waals surface area contributed by atoms with Gasteiger partial charge in [-0.15, -0.1) is 0 Å². The van der Waals surface area contributed by atoms with Crippen molar-refractivity contribution in [3.05, 3.63) is 41.4 Å². The molecule has 0 spiro atoms. The summed E-state index contributed by atoms with van der Waals surface area (Å²) in [6.45, 7) is 0. The van der Waals surface area contributed by atoms with Crippen LogP contribution in [-0.4, -0.2) is 36.4 Å². The molecule has 0 amide bonds. The summed E-state index contributed by atoms with van der Waals surface area (Å²) >= 11 is 8.19. The number of fused-ring (bicyclic) bond motifs is 1. The lowest BCUT2D eigenvalue weighted by molar-refractivity contribution is 0.140. The SMILES string of the molecule is COc1c(Nc2cc(Cl)nc3c2nc(C(F)F)n3PI)cccc1-c1cnn(C)n1. The van der Waals surface area contributed by atoms with Crippen LogP contribution in [-0.2, 0) is 7.05 Å². The van der Waals surface area contributed by atoms with Crippen molar-refractivity contribution in [3.63, 3.8) is 0 Å². The quantitative estimate of drug-likeness (QED) is 0.193. The third-order valence-electron chi connectivity index (χ3n) is 4.25. The lowest BCUT2D eigenvalue weighted by Gasteiger charge is -2.14. The molecule has 0 saturated heterocycles. The second-order valence-electron chi connectivity index (χ2n) is 6.09. The highest BCUT2D eigenvalue weighted by molar-refractivity contribution is 14.2. The molecular weight excluding hydrogens is 550 g/mol. The van der Waals surface area contributed by atoms with Gasteiger partial charge in [0, 0.05) is 18.7 Å². The zero-order valence-electron chi connectivity index (χ0n) is 15.6. The number of imidazole rings is 1. The van der Waals surface area contributed by atoms with E-state index in [9.17, 15) is 8.78 Å². The molecule has 1 aromatic carbocycles. The minimum atomic E-state index is -2.73. The van der Waals surface area contributed by atoms with Gasteiger partial charge >= 0.3 is 0 Å². The molecule has 1 atom stereocenters. The fourth-order valence-corrected chi connectivity index (χ4v) is 5.12. The van der Waals surface area contributed by atoms with Gasteiger partial charge in [0.15, 0.2) is 17.2 Å². The van der Waals surface area contributed by atoms with E-state index in [4.69, 9.17) is 16.3 Å². The largest absolute Gasteiger partial charge is 0.494 e. The summed E-state index contributed by atoms with van der Waals surface area (Å²) in [6, 6.07) is 7.01. The van der Waals surface area contributed by atoms with Crippen molar-refractivity contribution in [2.45, 2.75) is 6.43 Å². The van der Waals surface area contributed by atoms with Crippen LogP contribution in [0.4, 0.5) is 20.2 Å². The Balaban J connectivity index is 1.85. The predicted octanol–water partition coefficient (Wildman–Crippen LogP) is 5.36. The third-order valence-corrected chi connectivity index (χ3v) is 6.50. The first-order chi connectivity index (χ1) is 14.4. The number of nitrogens with zero attached hydrogens (tertiary/aromatic N) is 6. The van der Waals surface area contributed by atoms with Crippen LogP contribution in [0.1, 0.15) is 12.2 Å². The fraction of sp³-hybridized carbons (Fsp3) is 0.176. The van der Waals surface area contributed by atoms with Crippen LogP contribution in [0.5, 0.6) is 5.75 Å². The molecule has 0 radical (unpaired) electrons. The average Bonchev–Trinajstić information content (AvgIpc) is 3.31. The molecule has 0 aliphatic carbocycles. The molecule has 1 unspecified atom stereocenters. The van der Waals surface area contributed by atoms with E-state index in [2.05, 4.69) is 25.5 Å². The zero-order chi connectivity index (χ0) is 21.4. The van der Waals surface area contributed by atoms with E-state index in [1.165, 1.54) is 16.2 Å². The fourth-order valence-electron chi connectivity index (χ4n) is 3.03. The molecule has 8 nitrogen and oxygen atoms in total. The summed E-state index contributed by atoms with van der Waals surface area (Å²) in [5, 5.41) is 11.8. The monoisotopic (exact) mass is 563 g/mol. The molecule has 0 aliphatic heterocycles. The number of aromatic nitrogens is 6. The average molecular weight is 564 g/mol. The number of hydrogen-bond donors (Lipinski definition) is 1. The number of benzene rings is 1. The molecule has 156 valence electrons. The number of para-hydroxylation sites is 1. The van der Waals surface area contributed by atoms with Crippen LogP contribution in [0.2, 0.25) is 5.15 Å². The Labute approximate surface area is 189 Å². The number of anilines is 2. The van der Waals surface area contributed by atoms with Crippen LogP contribution in [0.25, 0.3) is 22.4 Å². The summed E-state index contributed by atoms with van der Waals surface area (Å²) < 4.78 is 33.9. The third kappa shape index (κ3) is 3.81. The normalized spacial score (nSPS) is 11.8. The maximum Gasteiger partial charge on any atom is 0.295 e. The number of aryl methyl sites for hydroxylation is 1. The van der Waals surface area contributed by atoms with Crippen molar-refractivity contribution in [3.8, 4) is 17.0 Å². The van der Waals surface area contributed by atoms with E-state index >= 15 is 0 Å². The van der Waals surface area contributed by atoms with E-state index in [0.717, 1.165) is 5.56 Å². The highest BCUT2D eigenvalue weighted by Crippen LogP contribution is 2.41. The second-order valence-corrected chi connectivity index (χ2v) is 8.54. The molecular formula is C17H14ClF2IN7OP. The van der Waals surface area contributed by atoms with Gasteiger partial charge in [0.1, 0.15) is 16.4 Å². The highest BCUT2D eigenvalue weighted by atomic mass is 127. The Morgan fingerprint density at radius 2 is 2.07 bits per heavy atom. The lowest BCUT2D eigenvalue weighted by Crippen LogP contribution is -1.99. The smallest absolute Gasteiger partial charge is 0.295 e. The highest BCUT2D eigenvalue weighted by Gasteiger charge is 2.23. The maximum atomic E-state index is 13.5. The number of rotatable bonds is 6. The molecule has 0 saturated carbocycles. The van der Waals surface area contributed by atoms with Gasteiger partial charge in [0.2, 0.25) is 0 Å². The maximum absolute atomic E-state index is 13.5. The van der Waals surface area contributed by atoms with Crippen LogP contribution >= 0.6 is 40.0 Å². The van der Waals surface area contributed by atoms with Gasteiger partial charge in [0.05, 0.1) is 31.1 Å². The number of nitrogens with one attached hydrogen (secondary N) is 1. The molecule has 4 aromatic rings.